The highest BCUT2D eigenvalue weighted by Gasteiger charge is 2.13. The monoisotopic (exact) mass is 304 g/mol. The number of rotatable bonds is 4. The predicted molar refractivity (Wildman–Crippen MR) is 77.7 cm³/mol. The number of aromatic nitrogens is 5. The molecule has 8 heteroatoms. The van der Waals surface area contributed by atoms with E-state index in [4.69, 9.17) is 21.9 Å². The van der Waals surface area contributed by atoms with Crippen molar-refractivity contribution in [1.82, 2.24) is 25.1 Å². The summed E-state index contributed by atoms with van der Waals surface area (Å²) in [5, 5.41) is 12.4. The van der Waals surface area contributed by atoms with E-state index in [1.807, 2.05) is 19.1 Å². The predicted octanol–water partition coefficient (Wildman–Crippen LogP) is 2.17. The molecule has 0 bridgehead atoms. The number of nitrogens with zero attached hydrogens (tertiary/aromatic N) is 5. The van der Waals surface area contributed by atoms with Gasteiger partial charge in [0.2, 0.25) is 11.7 Å². The quantitative estimate of drug-likeness (QED) is 0.793. The third-order valence-electron chi connectivity index (χ3n) is 3.04. The van der Waals surface area contributed by atoms with Gasteiger partial charge in [-0.3, -0.25) is 0 Å². The van der Waals surface area contributed by atoms with Crippen LogP contribution in [0.1, 0.15) is 18.5 Å². The summed E-state index contributed by atoms with van der Waals surface area (Å²) in [5.74, 6) is 1.34. The van der Waals surface area contributed by atoms with E-state index in [-0.39, 0.29) is 0 Å². The van der Waals surface area contributed by atoms with E-state index < -0.39 is 0 Å². The maximum atomic E-state index is 5.95. The maximum absolute atomic E-state index is 5.95. The first kappa shape index (κ1) is 13.6. The number of benzene rings is 1. The molecule has 0 saturated heterocycles. The molecule has 21 heavy (non-hydrogen) atoms. The SMILES string of the molecule is CCc1c(N)nnn1Cc1nc(-c2cccc(Cl)c2)no1. The Hall–Kier alpha value is -2.41. The second kappa shape index (κ2) is 5.53. The highest BCUT2D eigenvalue weighted by Crippen LogP contribution is 2.20. The van der Waals surface area contributed by atoms with Crippen molar-refractivity contribution in [3.05, 3.63) is 40.9 Å². The molecule has 0 aliphatic heterocycles. The van der Waals surface area contributed by atoms with Gasteiger partial charge in [0.1, 0.15) is 6.54 Å². The van der Waals surface area contributed by atoms with Crippen LogP contribution in [0.4, 0.5) is 5.82 Å². The second-order valence-corrected chi connectivity index (χ2v) is 4.89. The van der Waals surface area contributed by atoms with Crippen molar-refractivity contribution in [3.8, 4) is 11.4 Å². The Morgan fingerprint density at radius 3 is 3.00 bits per heavy atom. The molecule has 1 aromatic carbocycles. The van der Waals surface area contributed by atoms with Crippen LogP contribution in [0.15, 0.2) is 28.8 Å². The highest BCUT2D eigenvalue weighted by molar-refractivity contribution is 6.30. The Labute approximate surface area is 125 Å². The fourth-order valence-corrected chi connectivity index (χ4v) is 2.22. The summed E-state index contributed by atoms with van der Waals surface area (Å²) in [6, 6.07) is 7.27. The Bertz CT molecular complexity index is 766. The Morgan fingerprint density at radius 2 is 2.24 bits per heavy atom. The van der Waals surface area contributed by atoms with Crippen LogP contribution >= 0.6 is 11.6 Å². The van der Waals surface area contributed by atoms with Gasteiger partial charge in [-0.05, 0) is 18.6 Å². The van der Waals surface area contributed by atoms with E-state index in [1.54, 1.807) is 16.8 Å². The van der Waals surface area contributed by atoms with E-state index in [0.717, 1.165) is 17.7 Å². The first-order valence-corrected chi connectivity index (χ1v) is 6.81. The van der Waals surface area contributed by atoms with E-state index >= 15 is 0 Å². The lowest BCUT2D eigenvalue weighted by Crippen LogP contribution is -2.07. The summed E-state index contributed by atoms with van der Waals surface area (Å²) < 4.78 is 6.90. The normalized spacial score (nSPS) is 11.0. The first-order valence-electron chi connectivity index (χ1n) is 6.43. The molecule has 0 aliphatic carbocycles. The van der Waals surface area contributed by atoms with E-state index in [0.29, 0.717) is 29.1 Å². The molecular weight excluding hydrogens is 292 g/mol. The molecule has 0 spiro atoms. The van der Waals surface area contributed by atoms with E-state index in [1.165, 1.54) is 0 Å². The lowest BCUT2D eigenvalue weighted by Gasteiger charge is -2.00. The molecule has 0 aliphatic rings. The summed E-state index contributed by atoms with van der Waals surface area (Å²) in [6.07, 6.45) is 0.730. The van der Waals surface area contributed by atoms with E-state index in [2.05, 4.69) is 20.5 Å². The number of nitrogen functional groups attached to an aromatic ring is 1. The van der Waals surface area contributed by atoms with Gasteiger partial charge in [0, 0.05) is 10.6 Å². The van der Waals surface area contributed by atoms with Crippen LogP contribution in [0, 0.1) is 0 Å². The minimum atomic E-state index is 0.334. The van der Waals surface area contributed by atoms with Crippen molar-refractivity contribution in [3.63, 3.8) is 0 Å². The summed E-state index contributed by atoms with van der Waals surface area (Å²) in [5.41, 5.74) is 7.39. The lowest BCUT2D eigenvalue weighted by molar-refractivity contribution is 0.363. The summed E-state index contributed by atoms with van der Waals surface area (Å²) in [6.45, 7) is 2.32. The maximum Gasteiger partial charge on any atom is 0.248 e. The standard InChI is InChI=1S/C13H13ClN6O/c1-2-10-12(15)17-19-20(10)7-11-16-13(18-21-11)8-4-3-5-9(14)6-8/h3-6H,2,7,15H2,1H3. The molecule has 2 N–H and O–H groups in total. The molecule has 0 fully saturated rings. The fourth-order valence-electron chi connectivity index (χ4n) is 2.03. The van der Waals surface area contributed by atoms with Crippen LogP contribution < -0.4 is 5.73 Å². The smallest absolute Gasteiger partial charge is 0.248 e. The minimum absolute atomic E-state index is 0.334. The summed E-state index contributed by atoms with van der Waals surface area (Å²) in [7, 11) is 0. The molecule has 3 rings (SSSR count). The Balaban J connectivity index is 1.85. The molecule has 0 unspecified atom stereocenters. The van der Waals surface area contributed by atoms with Gasteiger partial charge in [0.25, 0.3) is 0 Å². The van der Waals surface area contributed by atoms with Gasteiger partial charge in [0.05, 0.1) is 5.69 Å². The van der Waals surface area contributed by atoms with Crippen molar-refractivity contribution in [1.29, 1.82) is 0 Å². The van der Waals surface area contributed by atoms with Gasteiger partial charge in [0.15, 0.2) is 5.82 Å². The number of hydrogen-bond acceptors (Lipinski definition) is 6. The van der Waals surface area contributed by atoms with Crippen molar-refractivity contribution in [2.75, 3.05) is 5.73 Å². The Morgan fingerprint density at radius 1 is 1.38 bits per heavy atom. The van der Waals surface area contributed by atoms with Crippen LogP contribution in [0.3, 0.4) is 0 Å². The van der Waals surface area contributed by atoms with E-state index in [9.17, 15) is 0 Å². The molecule has 3 aromatic rings. The molecule has 0 amide bonds. The van der Waals surface area contributed by atoms with Crippen LogP contribution in [0.25, 0.3) is 11.4 Å². The molecular formula is C13H13ClN6O. The summed E-state index contributed by atoms with van der Waals surface area (Å²) >= 11 is 5.95. The molecule has 2 heterocycles. The lowest BCUT2D eigenvalue weighted by atomic mass is 10.2. The third kappa shape index (κ3) is 2.73. The highest BCUT2D eigenvalue weighted by atomic mass is 35.5. The zero-order valence-electron chi connectivity index (χ0n) is 11.3. The molecule has 2 aromatic heterocycles. The molecule has 0 saturated carbocycles. The van der Waals surface area contributed by atoms with Gasteiger partial charge < -0.3 is 10.3 Å². The van der Waals surface area contributed by atoms with Crippen LogP contribution in [-0.2, 0) is 13.0 Å². The molecule has 0 atom stereocenters. The average Bonchev–Trinajstić information content (AvgIpc) is 3.07. The number of halogens is 1. The molecule has 7 nitrogen and oxygen atoms in total. The van der Waals surface area contributed by atoms with Crippen molar-refractivity contribution in [2.24, 2.45) is 0 Å². The Kier molecular flexibility index (Phi) is 3.57. The topological polar surface area (TPSA) is 95.7 Å². The van der Waals surface area contributed by atoms with Crippen molar-refractivity contribution < 1.29 is 4.52 Å². The fraction of sp³-hybridized carbons (Fsp3) is 0.231. The second-order valence-electron chi connectivity index (χ2n) is 4.45. The number of anilines is 1. The zero-order chi connectivity index (χ0) is 14.8. The number of hydrogen-bond donors (Lipinski definition) is 1. The van der Waals surface area contributed by atoms with Gasteiger partial charge >= 0.3 is 0 Å². The first-order chi connectivity index (χ1) is 10.2. The van der Waals surface area contributed by atoms with Gasteiger partial charge in [-0.2, -0.15) is 4.98 Å². The number of nitrogens with two attached hydrogens (primary N) is 1. The van der Waals surface area contributed by atoms with Crippen LogP contribution in [-0.4, -0.2) is 25.1 Å². The van der Waals surface area contributed by atoms with Gasteiger partial charge in [-0.1, -0.05) is 41.0 Å². The largest absolute Gasteiger partial charge is 0.381 e. The van der Waals surface area contributed by atoms with Crippen LogP contribution in [0.2, 0.25) is 5.02 Å². The average molecular weight is 305 g/mol. The van der Waals surface area contributed by atoms with Gasteiger partial charge in [-0.25, -0.2) is 4.68 Å². The molecule has 108 valence electrons. The van der Waals surface area contributed by atoms with Crippen molar-refractivity contribution in [2.45, 2.75) is 19.9 Å². The minimum Gasteiger partial charge on any atom is -0.381 e. The third-order valence-corrected chi connectivity index (χ3v) is 3.27. The molecule has 0 radical (unpaired) electrons. The summed E-state index contributed by atoms with van der Waals surface area (Å²) in [4.78, 5) is 4.34. The zero-order valence-corrected chi connectivity index (χ0v) is 12.1. The van der Waals surface area contributed by atoms with Gasteiger partial charge in [-0.15, -0.1) is 5.10 Å². The van der Waals surface area contributed by atoms with Crippen LogP contribution in [0.5, 0.6) is 0 Å². The van der Waals surface area contributed by atoms with Crippen molar-refractivity contribution >= 4 is 17.4 Å².